The van der Waals surface area contributed by atoms with E-state index in [2.05, 4.69) is 0 Å². The summed E-state index contributed by atoms with van der Waals surface area (Å²) in [6.45, 7) is 0.357. The van der Waals surface area contributed by atoms with Gasteiger partial charge in [0.1, 0.15) is 0 Å². The number of nitrogens with two attached hydrogens (primary N) is 1. The molecule has 17 heavy (non-hydrogen) atoms. The van der Waals surface area contributed by atoms with E-state index in [0.29, 0.717) is 23.9 Å². The first-order valence-electron chi connectivity index (χ1n) is 5.57. The van der Waals surface area contributed by atoms with Crippen LogP contribution in [0, 0.1) is 5.92 Å². The molecule has 102 valence electrons. The monoisotopic (exact) mass is 271 g/mol. The summed E-state index contributed by atoms with van der Waals surface area (Å²) in [5.41, 5.74) is 5.51. The van der Waals surface area contributed by atoms with Crippen LogP contribution in [0.3, 0.4) is 0 Å². The molecule has 0 aromatic carbocycles. The zero-order chi connectivity index (χ0) is 13.1. The van der Waals surface area contributed by atoms with E-state index in [1.54, 1.807) is 0 Å². The van der Waals surface area contributed by atoms with Crippen molar-refractivity contribution in [3.05, 3.63) is 0 Å². The molecule has 0 amide bonds. The van der Waals surface area contributed by atoms with E-state index in [1.165, 1.54) is 11.4 Å². The van der Waals surface area contributed by atoms with Gasteiger partial charge < -0.3 is 5.73 Å². The van der Waals surface area contributed by atoms with Crippen LogP contribution in [0.1, 0.15) is 12.8 Å². The highest BCUT2D eigenvalue weighted by molar-refractivity contribution is 7.86. The summed E-state index contributed by atoms with van der Waals surface area (Å²) in [6, 6.07) is 0. The normalized spacial score (nSPS) is 23.5. The minimum absolute atomic E-state index is 0.124. The lowest BCUT2D eigenvalue weighted by Crippen LogP contribution is -2.48. The Hall–Kier alpha value is -0.310. The van der Waals surface area contributed by atoms with E-state index in [9.17, 15) is 17.2 Å². The molecule has 1 atom stereocenters. The fourth-order valence-corrected chi connectivity index (χ4v) is 3.37. The number of hydrogen-bond acceptors (Lipinski definition) is 3. The third-order valence-electron chi connectivity index (χ3n) is 2.93. The molecule has 1 heterocycles. The van der Waals surface area contributed by atoms with Gasteiger partial charge in [-0.1, -0.05) is 0 Å². The first-order chi connectivity index (χ1) is 7.87. The van der Waals surface area contributed by atoms with Gasteiger partial charge in [-0.05, 0) is 25.3 Å². The molecule has 0 aromatic heterocycles. The lowest BCUT2D eigenvalue weighted by molar-refractivity contribution is 0.122. The molecule has 0 bridgehead atoms. The van der Waals surface area contributed by atoms with Crippen LogP contribution >= 0.6 is 0 Å². The lowest BCUT2D eigenvalue weighted by atomic mass is 10.0. The number of halogens is 2. The summed E-state index contributed by atoms with van der Waals surface area (Å²) in [5, 5.41) is 0. The first-order valence-corrected chi connectivity index (χ1v) is 6.97. The van der Waals surface area contributed by atoms with Gasteiger partial charge in [-0.25, -0.2) is 8.78 Å². The Labute approximate surface area is 101 Å². The van der Waals surface area contributed by atoms with E-state index < -0.39 is 23.2 Å². The van der Waals surface area contributed by atoms with E-state index in [-0.39, 0.29) is 5.92 Å². The fraction of sp³-hybridized carbons (Fsp3) is 1.00. The molecule has 0 aromatic rings. The lowest BCUT2D eigenvalue weighted by Gasteiger charge is -2.33. The summed E-state index contributed by atoms with van der Waals surface area (Å²) in [6.07, 6.45) is -1.05. The van der Waals surface area contributed by atoms with Crippen molar-refractivity contribution in [2.45, 2.75) is 19.3 Å². The van der Waals surface area contributed by atoms with E-state index in [1.807, 2.05) is 0 Å². The molecule has 2 N–H and O–H groups in total. The van der Waals surface area contributed by atoms with Gasteiger partial charge in [0.2, 0.25) is 0 Å². The average molecular weight is 271 g/mol. The molecule has 8 heteroatoms. The molecular weight excluding hydrogens is 252 g/mol. The molecule has 1 unspecified atom stereocenters. The van der Waals surface area contributed by atoms with Crippen molar-refractivity contribution in [3.8, 4) is 0 Å². The van der Waals surface area contributed by atoms with Crippen molar-refractivity contribution < 1.29 is 17.2 Å². The van der Waals surface area contributed by atoms with Gasteiger partial charge in [0.05, 0.1) is 6.54 Å². The van der Waals surface area contributed by atoms with Crippen molar-refractivity contribution in [3.63, 3.8) is 0 Å². The Kier molecular flexibility index (Phi) is 5.23. The second kappa shape index (κ2) is 6.03. The van der Waals surface area contributed by atoms with E-state index >= 15 is 0 Å². The Bertz CT molecular complexity index is 337. The molecule has 1 saturated heterocycles. The van der Waals surface area contributed by atoms with Gasteiger partial charge in [-0.2, -0.15) is 17.0 Å². The van der Waals surface area contributed by atoms with E-state index in [0.717, 1.165) is 12.8 Å². The Morgan fingerprint density at radius 2 is 2.18 bits per heavy atom. The SMILES string of the molecule is CN(CC(F)F)S(=O)(=O)N1CCCC(CN)C1. The van der Waals surface area contributed by atoms with Crippen LogP contribution in [0.5, 0.6) is 0 Å². The van der Waals surface area contributed by atoms with Gasteiger partial charge in [0.25, 0.3) is 16.6 Å². The largest absolute Gasteiger partial charge is 0.330 e. The Balaban J connectivity index is 2.69. The number of piperidine rings is 1. The van der Waals surface area contributed by atoms with Crippen LogP contribution < -0.4 is 5.73 Å². The fourth-order valence-electron chi connectivity index (χ4n) is 1.91. The minimum Gasteiger partial charge on any atom is -0.330 e. The molecule has 1 aliphatic heterocycles. The summed E-state index contributed by atoms with van der Waals surface area (Å²) < 4.78 is 50.2. The topological polar surface area (TPSA) is 66.6 Å². The van der Waals surface area contributed by atoms with Gasteiger partial charge >= 0.3 is 0 Å². The number of rotatable bonds is 5. The maximum Gasteiger partial charge on any atom is 0.281 e. The zero-order valence-corrected chi connectivity index (χ0v) is 10.7. The summed E-state index contributed by atoms with van der Waals surface area (Å²) in [5.74, 6) is 0.124. The molecular formula is C9H19F2N3O2S. The number of hydrogen-bond donors (Lipinski definition) is 1. The highest BCUT2D eigenvalue weighted by Crippen LogP contribution is 2.20. The molecule has 0 aliphatic carbocycles. The van der Waals surface area contributed by atoms with Crippen LogP contribution in [0.2, 0.25) is 0 Å². The second-order valence-corrected chi connectivity index (χ2v) is 6.32. The van der Waals surface area contributed by atoms with Crippen molar-refractivity contribution in [2.75, 3.05) is 33.2 Å². The third-order valence-corrected chi connectivity index (χ3v) is 4.85. The zero-order valence-electron chi connectivity index (χ0n) is 9.85. The molecule has 1 rings (SSSR count). The summed E-state index contributed by atoms with van der Waals surface area (Å²) >= 11 is 0. The summed E-state index contributed by atoms with van der Waals surface area (Å²) in [7, 11) is -2.59. The second-order valence-electron chi connectivity index (χ2n) is 4.28. The van der Waals surface area contributed by atoms with Crippen molar-refractivity contribution >= 4 is 10.2 Å². The smallest absolute Gasteiger partial charge is 0.281 e. The van der Waals surface area contributed by atoms with Crippen molar-refractivity contribution in [1.82, 2.24) is 8.61 Å². The predicted molar refractivity (Wildman–Crippen MR) is 60.9 cm³/mol. The van der Waals surface area contributed by atoms with Gasteiger partial charge in [0.15, 0.2) is 0 Å². The average Bonchev–Trinajstić information content (AvgIpc) is 2.28. The molecule has 0 radical (unpaired) electrons. The molecule has 0 saturated carbocycles. The molecule has 5 nitrogen and oxygen atoms in total. The standard InChI is InChI=1S/C9H19F2N3O2S/c1-13(7-9(10)11)17(15,16)14-4-2-3-8(5-12)6-14/h8-9H,2-7,12H2,1H3. The van der Waals surface area contributed by atoms with Crippen LogP contribution in [-0.2, 0) is 10.2 Å². The van der Waals surface area contributed by atoms with Gasteiger partial charge in [-0.15, -0.1) is 0 Å². The molecule has 1 aliphatic rings. The first kappa shape index (κ1) is 14.7. The highest BCUT2D eigenvalue weighted by atomic mass is 32.2. The van der Waals surface area contributed by atoms with Crippen LogP contribution in [0.25, 0.3) is 0 Å². The van der Waals surface area contributed by atoms with Crippen LogP contribution in [0.15, 0.2) is 0 Å². The maximum absolute atomic E-state index is 12.2. The maximum atomic E-state index is 12.2. The molecule has 0 spiro atoms. The minimum atomic E-state index is -3.77. The summed E-state index contributed by atoms with van der Waals surface area (Å²) in [4.78, 5) is 0. The van der Waals surface area contributed by atoms with Crippen molar-refractivity contribution in [2.24, 2.45) is 11.7 Å². The predicted octanol–water partition coefficient (Wildman–Crippen LogP) is 0.0988. The number of alkyl halides is 2. The van der Waals surface area contributed by atoms with Gasteiger partial charge in [-0.3, -0.25) is 0 Å². The number of nitrogens with zero attached hydrogens (tertiary/aromatic N) is 2. The molecule has 1 fully saturated rings. The van der Waals surface area contributed by atoms with E-state index in [4.69, 9.17) is 5.73 Å². The quantitative estimate of drug-likeness (QED) is 0.771. The van der Waals surface area contributed by atoms with Crippen LogP contribution in [0.4, 0.5) is 8.78 Å². The Morgan fingerprint density at radius 3 is 2.71 bits per heavy atom. The van der Waals surface area contributed by atoms with Crippen LogP contribution in [-0.4, -0.2) is 56.7 Å². The highest BCUT2D eigenvalue weighted by Gasteiger charge is 2.32. The van der Waals surface area contributed by atoms with Gasteiger partial charge in [0, 0.05) is 20.1 Å². The third kappa shape index (κ3) is 3.84. The van der Waals surface area contributed by atoms with Crippen molar-refractivity contribution in [1.29, 1.82) is 0 Å². The Morgan fingerprint density at radius 1 is 1.53 bits per heavy atom.